The largest absolute Gasteiger partial charge is 0.305 e. The Bertz CT molecular complexity index is 459. The number of rotatable bonds is 5. The minimum Gasteiger partial charge on any atom is -0.305 e. The first-order valence-electron chi connectivity index (χ1n) is 7.09. The topological polar surface area (TPSA) is 49.6 Å². The highest BCUT2D eigenvalue weighted by Crippen LogP contribution is 2.20. The van der Waals surface area contributed by atoms with Gasteiger partial charge in [-0.2, -0.15) is 0 Å². The van der Waals surface area contributed by atoms with Crippen LogP contribution >= 0.6 is 0 Å². The number of likely N-dealkylation sites (N-methyl/N-ethyl adjacent to an activating group) is 1. The molecule has 1 aromatic carbocycles. The molecule has 0 spiro atoms. The first kappa shape index (κ1) is 14.9. The maximum Gasteiger partial charge on any atom is 0.269 e. The van der Waals surface area contributed by atoms with E-state index in [4.69, 9.17) is 0 Å². The number of benzene rings is 1. The van der Waals surface area contributed by atoms with Gasteiger partial charge in [-0.25, -0.2) is 0 Å². The van der Waals surface area contributed by atoms with Crippen LogP contribution in [0.2, 0.25) is 0 Å². The molecule has 0 bridgehead atoms. The number of nitrogens with zero attached hydrogens (tertiary/aromatic N) is 3. The van der Waals surface area contributed by atoms with Crippen molar-refractivity contribution < 1.29 is 4.92 Å². The highest BCUT2D eigenvalue weighted by molar-refractivity contribution is 5.32. The Morgan fingerprint density at radius 2 is 1.95 bits per heavy atom. The van der Waals surface area contributed by atoms with Gasteiger partial charge in [-0.3, -0.25) is 10.1 Å². The van der Waals surface area contributed by atoms with E-state index in [-0.39, 0.29) is 10.6 Å². The zero-order valence-electron chi connectivity index (χ0n) is 12.5. The van der Waals surface area contributed by atoms with Crippen LogP contribution in [0.1, 0.15) is 12.5 Å². The van der Waals surface area contributed by atoms with Crippen molar-refractivity contribution in [2.24, 2.45) is 5.92 Å². The molecule has 1 aliphatic rings. The summed E-state index contributed by atoms with van der Waals surface area (Å²) in [5, 5.41) is 10.6. The molecule has 2 rings (SSSR count). The molecule has 0 N–H and O–H groups in total. The van der Waals surface area contributed by atoms with Crippen molar-refractivity contribution in [3.63, 3.8) is 0 Å². The zero-order valence-corrected chi connectivity index (χ0v) is 12.5. The van der Waals surface area contributed by atoms with Gasteiger partial charge in [-0.05, 0) is 32.0 Å². The van der Waals surface area contributed by atoms with Crippen LogP contribution in [-0.2, 0) is 6.42 Å². The maximum absolute atomic E-state index is 10.6. The molecule has 0 unspecified atom stereocenters. The van der Waals surface area contributed by atoms with Gasteiger partial charge in [0.2, 0.25) is 0 Å². The molecule has 0 aromatic heterocycles. The quantitative estimate of drug-likeness (QED) is 0.610. The normalized spacial score (nSPS) is 23.4. The van der Waals surface area contributed by atoms with Crippen LogP contribution in [0.3, 0.4) is 0 Å². The summed E-state index contributed by atoms with van der Waals surface area (Å²) in [6.07, 6.45) is 0.949. The number of hydrogen-bond acceptors (Lipinski definition) is 4. The molecule has 0 amide bonds. The summed E-state index contributed by atoms with van der Waals surface area (Å²) >= 11 is 0. The van der Waals surface area contributed by atoms with Gasteiger partial charge in [0.05, 0.1) is 4.92 Å². The third-order valence-corrected chi connectivity index (χ3v) is 4.18. The summed E-state index contributed by atoms with van der Waals surface area (Å²) in [5.74, 6) is 0.696. The van der Waals surface area contributed by atoms with Crippen molar-refractivity contribution in [1.82, 2.24) is 9.80 Å². The first-order chi connectivity index (χ1) is 9.47. The van der Waals surface area contributed by atoms with Crippen molar-refractivity contribution in [1.29, 1.82) is 0 Å². The summed E-state index contributed by atoms with van der Waals surface area (Å²) in [5.41, 5.74) is 1.33. The van der Waals surface area contributed by atoms with Crippen molar-refractivity contribution >= 4 is 5.69 Å². The molecule has 5 nitrogen and oxygen atoms in total. The smallest absolute Gasteiger partial charge is 0.269 e. The summed E-state index contributed by atoms with van der Waals surface area (Å²) in [4.78, 5) is 15.0. The van der Waals surface area contributed by atoms with Gasteiger partial charge >= 0.3 is 0 Å². The predicted octanol–water partition coefficient (Wildman–Crippen LogP) is 2.02. The van der Waals surface area contributed by atoms with E-state index in [9.17, 15) is 10.1 Å². The third-order valence-electron chi connectivity index (χ3n) is 4.18. The minimum atomic E-state index is -0.354. The second-order valence-electron chi connectivity index (χ2n) is 5.94. The number of nitro groups is 1. The number of nitro benzene ring substituents is 1. The summed E-state index contributed by atoms with van der Waals surface area (Å²) in [6.45, 7) is 5.57. The third kappa shape index (κ3) is 3.55. The fraction of sp³-hybridized carbons (Fsp3) is 0.600. The first-order valence-corrected chi connectivity index (χ1v) is 7.09. The fourth-order valence-corrected chi connectivity index (χ4v) is 2.97. The molecular formula is C15H23N3O2. The van der Waals surface area contributed by atoms with Gasteiger partial charge in [-0.1, -0.05) is 19.1 Å². The van der Waals surface area contributed by atoms with Gasteiger partial charge in [0.1, 0.15) is 0 Å². The molecule has 2 atom stereocenters. The van der Waals surface area contributed by atoms with E-state index >= 15 is 0 Å². The van der Waals surface area contributed by atoms with Gasteiger partial charge in [0, 0.05) is 37.8 Å². The van der Waals surface area contributed by atoms with E-state index in [1.807, 2.05) is 12.1 Å². The standard InChI is InChI=1S/C15H23N3O2/c1-12-10-17(11-15(12)16(2)3)9-8-13-4-6-14(7-5-13)18(19)20/h4-7,12,15H,8-11H2,1-3H3/t12-,15-/m1/s1. The second-order valence-corrected chi connectivity index (χ2v) is 5.94. The minimum absolute atomic E-state index is 0.163. The van der Waals surface area contributed by atoms with Crippen LogP contribution < -0.4 is 0 Å². The molecule has 1 heterocycles. The van der Waals surface area contributed by atoms with Crippen molar-refractivity contribution in [3.05, 3.63) is 39.9 Å². The molecular weight excluding hydrogens is 254 g/mol. The van der Waals surface area contributed by atoms with E-state index in [0.29, 0.717) is 12.0 Å². The molecule has 1 saturated heterocycles. The molecule has 1 fully saturated rings. The lowest BCUT2D eigenvalue weighted by Gasteiger charge is -2.22. The van der Waals surface area contributed by atoms with Crippen LogP contribution in [-0.4, -0.2) is 54.5 Å². The van der Waals surface area contributed by atoms with Crippen molar-refractivity contribution in [2.75, 3.05) is 33.7 Å². The van der Waals surface area contributed by atoms with E-state index in [2.05, 4.69) is 30.8 Å². The Labute approximate surface area is 120 Å². The lowest BCUT2D eigenvalue weighted by molar-refractivity contribution is -0.384. The average molecular weight is 277 g/mol. The monoisotopic (exact) mass is 277 g/mol. The molecule has 5 heteroatoms. The number of non-ortho nitro benzene ring substituents is 1. The lowest BCUT2D eigenvalue weighted by Crippen LogP contribution is -2.34. The lowest BCUT2D eigenvalue weighted by atomic mass is 10.1. The Morgan fingerprint density at radius 1 is 1.30 bits per heavy atom. The molecule has 20 heavy (non-hydrogen) atoms. The molecule has 0 radical (unpaired) electrons. The fourth-order valence-electron chi connectivity index (χ4n) is 2.97. The number of hydrogen-bond donors (Lipinski definition) is 0. The summed E-state index contributed by atoms with van der Waals surface area (Å²) in [7, 11) is 4.28. The molecule has 110 valence electrons. The van der Waals surface area contributed by atoms with Gasteiger partial charge < -0.3 is 9.80 Å². The van der Waals surface area contributed by atoms with Crippen LogP contribution in [0.4, 0.5) is 5.69 Å². The van der Waals surface area contributed by atoms with Crippen LogP contribution in [0, 0.1) is 16.0 Å². The SMILES string of the molecule is C[C@@H]1CN(CCc2ccc([N+](=O)[O-])cc2)C[C@H]1N(C)C. The Morgan fingerprint density at radius 3 is 2.45 bits per heavy atom. The number of likely N-dealkylation sites (tertiary alicyclic amines) is 1. The molecule has 0 saturated carbocycles. The molecule has 1 aliphatic heterocycles. The van der Waals surface area contributed by atoms with Crippen LogP contribution in [0.25, 0.3) is 0 Å². The Kier molecular flexibility index (Phi) is 4.73. The molecule has 1 aromatic rings. The van der Waals surface area contributed by atoms with Crippen LogP contribution in [0.15, 0.2) is 24.3 Å². The van der Waals surface area contributed by atoms with Crippen molar-refractivity contribution in [2.45, 2.75) is 19.4 Å². The highest BCUT2D eigenvalue weighted by atomic mass is 16.6. The van der Waals surface area contributed by atoms with E-state index in [1.54, 1.807) is 12.1 Å². The Balaban J connectivity index is 1.85. The second kappa shape index (κ2) is 6.33. The van der Waals surface area contributed by atoms with Gasteiger partial charge in [0.25, 0.3) is 5.69 Å². The average Bonchev–Trinajstić information content (AvgIpc) is 2.78. The summed E-state index contributed by atoms with van der Waals surface area (Å²) in [6, 6.07) is 7.53. The maximum atomic E-state index is 10.6. The van der Waals surface area contributed by atoms with Crippen molar-refractivity contribution in [3.8, 4) is 0 Å². The molecule has 0 aliphatic carbocycles. The highest BCUT2D eigenvalue weighted by Gasteiger charge is 2.30. The zero-order chi connectivity index (χ0) is 14.7. The summed E-state index contributed by atoms with van der Waals surface area (Å²) < 4.78 is 0. The van der Waals surface area contributed by atoms with E-state index in [1.165, 1.54) is 0 Å². The van der Waals surface area contributed by atoms with Gasteiger partial charge in [-0.15, -0.1) is 0 Å². The van der Waals surface area contributed by atoms with E-state index in [0.717, 1.165) is 31.6 Å². The van der Waals surface area contributed by atoms with Gasteiger partial charge in [0.15, 0.2) is 0 Å². The Hall–Kier alpha value is -1.46. The van der Waals surface area contributed by atoms with Crippen LogP contribution in [0.5, 0.6) is 0 Å². The predicted molar refractivity (Wildman–Crippen MR) is 79.9 cm³/mol. The van der Waals surface area contributed by atoms with E-state index < -0.39 is 0 Å².